The van der Waals surface area contributed by atoms with Gasteiger partial charge >= 0.3 is 5.97 Å². The number of benzene rings is 3. The molecule has 3 aromatic carbocycles. The van der Waals surface area contributed by atoms with Crippen LogP contribution in [0.1, 0.15) is 22.0 Å². The molecule has 5 nitrogen and oxygen atoms in total. The summed E-state index contributed by atoms with van der Waals surface area (Å²) in [4.78, 5) is 28.6. The van der Waals surface area contributed by atoms with Crippen molar-refractivity contribution in [2.75, 3.05) is 29.6 Å². The maximum Gasteiger partial charge on any atom is 0.340 e. The van der Waals surface area contributed by atoms with E-state index in [-0.39, 0.29) is 18.6 Å². The van der Waals surface area contributed by atoms with E-state index >= 15 is 0 Å². The molecule has 1 aliphatic rings. The zero-order chi connectivity index (χ0) is 20.9. The van der Waals surface area contributed by atoms with Crippen molar-refractivity contribution in [1.29, 1.82) is 0 Å². The van der Waals surface area contributed by atoms with Gasteiger partial charge in [0.2, 0.25) is 0 Å². The molecular weight excluding hydrogens is 396 g/mol. The molecular formula is C24H22N2O3S. The number of carbonyl (C=O) groups is 2. The molecule has 0 saturated carbocycles. The molecule has 0 spiro atoms. The SMILES string of the molecule is CNc1ccccc1C(=O)OCC(=O)N1c2ccccc2SC[C@H]1c1ccccc1. The van der Waals surface area contributed by atoms with Crippen molar-refractivity contribution in [3.8, 4) is 0 Å². The number of carbonyl (C=O) groups excluding carboxylic acids is 2. The summed E-state index contributed by atoms with van der Waals surface area (Å²) in [6.07, 6.45) is 0. The fraction of sp³-hybridized carbons (Fsp3) is 0.167. The van der Waals surface area contributed by atoms with Gasteiger partial charge in [0.15, 0.2) is 6.61 Å². The van der Waals surface area contributed by atoms with Crippen LogP contribution in [0.2, 0.25) is 0 Å². The molecule has 6 heteroatoms. The lowest BCUT2D eigenvalue weighted by Gasteiger charge is -2.37. The highest BCUT2D eigenvalue weighted by molar-refractivity contribution is 7.99. The zero-order valence-electron chi connectivity index (χ0n) is 16.6. The second kappa shape index (κ2) is 9.05. The van der Waals surface area contributed by atoms with Gasteiger partial charge in [-0.15, -0.1) is 11.8 Å². The fourth-order valence-electron chi connectivity index (χ4n) is 3.57. The van der Waals surface area contributed by atoms with Crippen LogP contribution in [0.4, 0.5) is 11.4 Å². The number of thioether (sulfide) groups is 1. The molecule has 0 aliphatic carbocycles. The molecule has 1 heterocycles. The Hall–Kier alpha value is -3.25. The first-order valence-electron chi connectivity index (χ1n) is 9.72. The van der Waals surface area contributed by atoms with Crippen LogP contribution >= 0.6 is 11.8 Å². The van der Waals surface area contributed by atoms with Crippen LogP contribution in [-0.4, -0.2) is 31.3 Å². The van der Waals surface area contributed by atoms with E-state index in [0.717, 1.165) is 21.9 Å². The molecule has 1 N–H and O–H groups in total. The van der Waals surface area contributed by atoms with Gasteiger partial charge in [0.05, 0.1) is 17.3 Å². The first kappa shape index (κ1) is 20.0. The summed E-state index contributed by atoms with van der Waals surface area (Å²) in [5.41, 5.74) is 2.97. The molecule has 4 rings (SSSR count). The summed E-state index contributed by atoms with van der Waals surface area (Å²) < 4.78 is 5.41. The summed E-state index contributed by atoms with van der Waals surface area (Å²) in [7, 11) is 1.74. The summed E-state index contributed by atoms with van der Waals surface area (Å²) in [6.45, 7) is -0.320. The quantitative estimate of drug-likeness (QED) is 0.605. The number of rotatable bonds is 5. The topological polar surface area (TPSA) is 58.6 Å². The minimum absolute atomic E-state index is 0.123. The second-order valence-electron chi connectivity index (χ2n) is 6.84. The Labute approximate surface area is 180 Å². The molecule has 0 aromatic heterocycles. The number of amides is 1. The van der Waals surface area contributed by atoms with Crippen LogP contribution in [0.3, 0.4) is 0 Å². The van der Waals surface area contributed by atoms with E-state index in [2.05, 4.69) is 5.32 Å². The molecule has 1 amide bonds. The Balaban J connectivity index is 1.57. The second-order valence-corrected chi connectivity index (χ2v) is 7.90. The minimum Gasteiger partial charge on any atom is -0.452 e. The number of hydrogen-bond acceptors (Lipinski definition) is 5. The predicted octanol–water partition coefficient (Wildman–Crippen LogP) is 4.77. The average Bonchev–Trinajstić information content (AvgIpc) is 2.82. The maximum absolute atomic E-state index is 13.3. The highest BCUT2D eigenvalue weighted by Gasteiger charge is 2.33. The van der Waals surface area contributed by atoms with Gasteiger partial charge in [-0.05, 0) is 29.8 Å². The third-order valence-corrected chi connectivity index (χ3v) is 6.17. The van der Waals surface area contributed by atoms with Gasteiger partial charge in [0.25, 0.3) is 5.91 Å². The molecule has 1 aliphatic heterocycles. The van der Waals surface area contributed by atoms with Gasteiger partial charge in [0.1, 0.15) is 0 Å². The van der Waals surface area contributed by atoms with Crippen molar-refractivity contribution in [3.05, 3.63) is 90.0 Å². The number of fused-ring (bicyclic) bond motifs is 1. The number of nitrogens with zero attached hydrogens (tertiary/aromatic N) is 1. The number of hydrogen-bond donors (Lipinski definition) is 1. The molecule has 30 heavy (non-hydrogen) atoms. The molecule has 1 atom stereocenters. The molecule has 3 aromatic rings. The normalized spacial score (nSPS) is 15.2. The number of anilines is 2. The van der Waals surface area contributed by atoms with Gasteiger partial charge in [-0.2, -0.15) is 0 Å². The largest absolute Gasteiger partial charge is 0.452 e. The number of ether oxygens (including phenoxy) is 1. The number of esters is 1. The van der Waals surface area contributed by atoms with Crippen LogP contribution in [0, 0.1) is 0 Å². The Morgan fingerprint density at radius 3 is 2.50 bits per heavy atom. The first-order valence-corrected chi connectivity index (χ1v) is 10.7. The highest BCUT2D eigenvalue weighted by atomic mass is 32.2. The maximum atomic E-state index is 13.3. The van der Waals surface area contributed by atoms with Crippen LogP contribution in [0.5, 0.6) is 0 Å². The van der Waals surface area contributed by atoms with Gasteiger partial charge in [0, 0.05) is 23.4 Å². The lowest BCUT2D eigenvalue weighted by molar-refractivity contribution is -0.122. The van der Waals surface area contributed by atoms with E-state index in [1.807, 2.05) is 60.7 Å². The molecule has 0 fully saturated rings. The van der Waals surface area contributed by atoms with Crippen molar-refractivity contribution in [1.82, 2.24) is 0 Å². The lowest BCUT2D eigenvalue weighted by atomic mass is 10.1. The van der Waals surface area contributed by atoms with Crippen molar-refractivity contribution in [2.45, 2.75) is 10.9 Å². The van der Waals surface area contributed by atoms with E-state index in [9.17, 15) is 9.59 Å². The first-order chi connectivity index (χ1) is 14.7. The standard InChI is InChI=1S/C24H22N2O3S/c1-25-19-12-6-5-11-18(19)24(28)29-15-23(27)26-20-13-7-8-14-22(20)30-16-21(26)17-9-3-2-4-10-17/h2-14,21,25H,15-16H2,1H3/t21-/m0/s1. The van der Waals surface area contributed by atoms with Crippen molar-refractivity contribution in [2.24, 2.45) is 0 Å². The van der Waals surface area contributed by atoms with Crippen LogP contribution < -0.4 is 10.2 Å². The van der Waals surface area contributed by atoms with Gasteiger partial charge in [-0.25, -0.2) is 4.79 Å². The number of para-hydroxylation sites is 2. The minimum atomic E-state index is -0.524. The van der Waals surface area contributed by atoms with E-state index in [0.29, 0.717) is 11.3 Å². The molecule has 152 valence electrons. The van der Waals surface area contributed by atoms with Gasteiger partial charge < -0.3 is 10.1 Å². The van der Waals surface area contributed by atoms with E-state index in [1.54, 1.807) is 41.9 Å². The van der Waals surface area contributed by atoms with Crippen LogP contribution in [0.25, 0.3) is 0 Å². The van der Waals surface area contributed by atoms with Gasteiger partial charge in [-0.1, -0.05) is 54.6 Å². The van der Waals surface area contributed by atoms with Crippen molar-refractivity contribution < 1.29 is 14.3 Å². The Morgan fingerprint density at radius 1 is 1.00 bits per heavy atom. The summed E-state index contributed by atoms with van der Waals surface area (Å²) in [5, 5.41) is 2.97. The fourth-order valence-corrected chi connectivity index (χ4v) is 4.74. The van der Waals surface area contributed by atoms with Gasteiger partial charge in [-0.3, -0.25) is 9.69 Å². The van der Waals surface area contributed by atoms with Crippen molar-refractivity contribution >= 4 is 35.0 Å². The molecule has 0 saturated heterocycles. The Kier molecular flexibility index (Phi) is 6.05. The Bertz CT molecular complexity index is 1060. The molecule has 0 unspecified atom stereocenters. The summed E-state index contributed by atoms with van der Waals surface area (Å²) >= 11 is 1.73. The third-order valence-electron chi connectivity index (χ3n) is 5.03. The summed E-state index contributed by atoms with van der Waals surface area (Å²) in [6, 6.07) is 24.7. The predicted molar refractivity (Wildman–Crippen MR) is 120 cm³/mol. The van der Waals surface area contributed by atoms with Crippen LogP contribution in [-0.2, 0) is 9.53 Å². The monoisotopic (exact) mass is 418 g/mol. The zero-order valence-corrected chi connectivity index (χ0v) is 17.4. The van der Waals surface area contributed by atoms with E-state index in [4.69, 9.17) is 4.74 Å². The number of nitrogens with one attached hydrogen (secondary N) is 1. The highest BCUT2D eigenvalue weighted by Crippen LogP contribution is 2.43. The summed E-state index contributed by atoms with van der Waals surface area (Å²) in [5.74, 6) is -0.0281. The smallest absolute Gasteiger partial charge is 0.340 e. The average molecular weight is 419 g/mol. The molecule has 0 radical (unpaired) electrons. The van der Waals surface area contributed by atoms with E-state index < -0.39 is 5.97 Å². The van der Waals surface area contributed by atoms with Crippen molar-refractivity contribution in [3.63, 3.8) is 0 Å². The lowest BCUT2D eigenvalue weighted by Crippen LogP contribution is -2.41. The molecule has 0 bridgehead atoms. The Morgan fingerprint density at radius 2 is 1.70 bits per heavy atom. The third kappa shape index (κ3) is 4.04. The van der Waals surface area contributed by atoms with E-state index in [1.165, 1.54) is 0 Å². The van der Waals surface area contributed by atoms with Crippen LogP contribution in [0.15, 0.2) is 83.8 Å².